The first kappa shape index (κ1) is 17.6. The van der Waals surface area contributed by atoms with E-state index in [0.717, 1.165) is 26.4 Å². The Morgan fingerprint density at radius 2 is 1.92 bits per heavy atom. The van der Waals surface area contributed by atoms with Gasteiger partial charge in [-0.25, -0.2) is 0 Å². The van der Waals surface area contributed by atoms with Crippen molar-refractivity contribution in [3.8, 4) is 10.4 Å². The van der Waals surface area contributed by atoms with Gasteiger partial charge < -0.3 is 5.32 Å². The topological polar surface area (TPSA) is 46.9 Å². The second-order valence-electron chi connectivity index (χ2n) is 5.70. The van der Waals surface area contributed by atoms with Crippen LogP contribution in [-0.4, -0.2) is 15.7 Å². The van der Waals surface area contributed by atoms with Crippen molar-refractivity contribution in [3.05, 3.63) is 63.2 Å². The lowest BCUT2D eigenvalue weighted by atomic mass is 10.2. The summed E-state index contributed by atoms with van der Waals surface area (Å²) in [5.41, 5.74) is 3.70. The maximum absolute atomic E-state index is 12.2. The molecule has 3 rings (SSSR count). The molecule has 0 fully saturated rings. The van der Waals surface area contributed by atoms with Crippen molar-refractivity contribution in [2.75, 3.05) is 5.32 Å². The number of amides is 1. The number of aromatic nitrogens is 2. The average molecular weight is 416 g/mol. The number of nitrogens with zero attached hydrogens (tertiary/aromatic N) is 2. The third-order valence-electron chi connectivity index (χ3n) is 3.91. The zero-order chi connectivity index (χ0) is 18.0. The Morgan fingerprint density at radius 1 is 1.20 bits per heavy atom. The van der Waals surface area contributed by atoms with Gasteiger partial charge in [-0.05, 0) is 49.8 Å². The van der Waals surface area contributed by atoms with Crippen molar-refractivity contribution >= 4 is 44.9 Å². The van der Waals surface area contributed by atoms with Crippen molar-refractivity contribution in [2.45, 2.75) is 13.8 Å². The molecule has 0 bridgehead atoms. The molecule has 0 saturated carbocycles. The van der Waals surface area contributed by atoms with Crippen LogP contribution in [0.3, 0.4) is 0 Å². The normalized spacial score (nSPS) is 11.2. The minimum Gasteiger partial charge on any atom is -0.319 e. The Balaban J connectivity index is 1.70. The molecular formula is C19H18BrN3OS. The highest BCUT2D eigenvalue weighted by molar-refractivity contribution is 9.10. The SMILES string of the molecule is Cc1nn(C)c(C)c1NC(=O)C=Cc1ccc(-c2ccc(Br)cc2)s1. The summed E-state index contributed by atoms with van der Waals surface area (Å²) >= 11 is 5.10. The number of hydrogen-bond donors (Lipinski definition) is 1. The molecule has 3 aromatic rings. The lowest BCUT2D eigenvalue weighted by Crippen LogP contribution is -2.09. The van der Waals surface area contributed by atoms with Gasteiger partial charge in [0, 0.05) is 27.4 Å². The number of rotatable bonds is 4. The summed E-state index contributed by atoms with van der Waals surface area (Å²) < 4.78 is 2.82. The number of anilines is 1. The molecule has 1 aromatic carbocycles. The molecule has 2 aromatic heterocycles. The maximum Gasteiger partial charge on any atom is 0.248 e. The Bertz CT molecular complexity index is 938. The average Bonchev–Trinajstić information content (AvgIpc) is 3.14. The summed E-state index contributed by atoms with van der Waals surface area (Å²) in [6.45, 7) is 3.82. The van der Waals surface area contributed by atoms with Crippen LogP contribution in [0.15, 0.2) is 46.9 Å². The molecule has 0 radical (unpaired) electrons. The van der Waals surface area contributed by atoms with E-state index in [1.165, 1.54) is 10.4 Å². The molecule has 4 nitrogen and oxygen atoms in total. The van der Waals surface area contributed by atoms with E-state index in [-0.39, 0.29) is 5.91 Å². The summed E-state index contributed by atoms with van der Waals surface area (Å²) in [6, 6.07) is 12.3. The minimum absolute atomic E-state index is 0.155. The Morgan fingerprint density at radius 3 is 2.56 bits per heavy atom. The van der Waals surface area contributed by atoms with Gasteiger partial charge in [0.25, 0.3) is 0 Å². The quantitative estimate of drug-likeness (QED) is 0.596. The van der Waals surface area contributed by atoms with Gasteiger partial charge in [0.05, 0.1) is 17.1 Å². The fourth-order valence-corrected chi connectivity index (χ4v) is 3.67. The summed E-state index contributed by atoms with van der Waals surface area (Å²) in [7, 11) is 1.86. The van der Waals surface area contributed by atoms with Crippen LogP contribution in [0, 0.1) is 13.8 Å². The number of thiophene rings is 1. The molecule has 0 aliphatic carbocycles. The molecule has 0 unspecified atom stereocenters. The van der Waals surface area contributed by atoms with Crippen LogP contribution >= 0.6 is 27.3 Å². The molecule has 1 N–H and O–H groups in total. The summed E-state index contributed by atoms with van der Waals surface area (Å²) in [5.74, 6) is -0.155. The highest BCUT2D eigenvalue weighted by Gasteiger charge is 2.10. The van der Waals surface area contributed by atoms with Crippen molar-refractivity contribution < 1.29 is 4.79 Å². The van der Waals surface area contributed by atoms with Crippen LogP contribution in [0.2, 0.25) is 0 Å². The van der Waals surface area contributed by atoms with Gasteiger partial charge in [0.15, 0.2) is 0 Å². The Labute approximate surface area is 159 Å². The molecule has 0 spiro atoms. The lowest BCUT2D eigenvalue weighted by Gasteiger charge is -2.02. The maximum atomic E-state index is 12.2. The van der Waals surface area contributed by atoms with Gasteiger partial charge in [-0.3, -0.25) is 9.48 Å². The van der Waals surface area contributed by atoms with Crippen LogP contribution in [0.1, 0.15) is 16.3 Å². The van der Waals surface area contributed by atoms with Crippen molar-refractivity contribution in [3.63, 3.8) is 0 Å². The predicted octanol–water partition coefficient (Wildman–Crippen LogP) is 5.18. The van der Waals surface area contributed by atoms with E-state index < -0.39 is 0 Å². The monoisotopic (exact) mass is 415 g/mol. The lowest BCUT2D eigenvalue weighted by molar-refractivity contribution is -0.111. The van der Waals surface area contributed by atoms with Crippen molar-refractivity contribution in [1.29, 1.82) is 0 Å². The second-order valence-corrected chi connectivity index (χ2v) is 7.73. The molecule has 0 atom stereocenters. The van der Waals surface area contributed by atoms with E-state index in [0.29, 0.717) is 0 Å². The van der Waals surface area contributed by atoms with Crippen LogP contribution in [0.4, 0.5) is 5.69 Å². The highest BCUT2D eigenvalue weighted by atomic mass is 79.9. The number of carbonyl (C=O) groups is 1. The Hall–Kier alpha value is -2.18. The first-order chi connectivity index (χ1) is 11.9. The first-order valence-electron chi connectivity index (χ1n) is 7.79. The zero-order valence-electron chi connectivity index (χ0n) is 14.2. The van der Waals surface area contributed by atoms with E-state index in [1.54, 1.807) is 22.1 Å². The van der Waals surface area contributed by atoms with Gasteiger partial charge in [-0.1, -0.05) is 28.1 Å². The van der Waals surface area contributed by atoms with Gasteiger partial charge >= 0.3 is 0 Å². The smallest absolute Gasteiger partial charge is 0.248 e. The third kappa shape index (κ3) is 4.08. The van der Waals surface area contributed by atoms with E-state index in [1.807, 2.05) is 45.2 Å². The number of benzene rings is 1. The molecule has 128 valence electrons. The van der Waals surface area contributed by atoms with Gasteiger partial charge in [0.1, 0.15) is 0 Å². The van der Waals surface area contributed by atoms with Crippen LogP contribution in [0.5, 0.6) is 0 Å². The van der Waals surface area contributed by atoms with Gasteiger partial charge in [0.2, 0.25) is 5.91 Å². The van der Waals surface area contributed by atoms with E-state index in [2.05, 4.69) is 44.5 Å². The second kappa shape index (κ2) is 7.37. The van der Waals surface area contributed by atoms with Gasteiger partial charge in [-0.2, -0.15) is 5.10 Å². The summed E-state index contributed by atoms with van der Waals surface area (Å²) in [6.07, 6.45) is 3.40. The number of halogens is 1. The first-order valence-corrected chi connectivity index (χ1v) is 9.40. The summed E-state index contributed by atoms with van der Waals surface area (Å²) in [4.78, 5) is 14.4. The van der Waals surface area contributed by atoms with Crippen LogP contribution < -0.4 is 5.32 Å². The fourth-order valence-electron chi connectivity index (χ4n) is 2.49. The molecule has 0 aliphatic heterocycles. The number of nitrogens with one attached hydrogen (secondary N) is 1. The number of carbonyl (C=O) groups excluding carboxylic acids is 1. The molecule has 2 heterocycles. The van der Waals surface area contributed by atoms with Crippen LogP contribution in [0.25, 0.3) is 16.5 Å². The largest absolute Gasteiger partial charge is 0.319 e. The molecule has 1 amide bonds. The molecule has 0 saturated heterocycles. The fraction of sp³-hybridized carbons (Fsp3) is 0.158. The van der Waals surface area contributed by atoms with Crippen molar-refractivity contribution in [2.24, 2.45) is 7.05 Å². The predicted molar refractivity (Wildman–Crippen MR) is 108 cm³/mol. The molecular weight excluding hydrogens is 398 g/mol. The Kier molecular flexibility index (Phi) is 5.20. The number of aryl methyl sites for hydroxylation is 2. The summed E-state index contributed by atoms with van der Waals surface area (Å²) in [5, 5.41) is 7.21. The number of hydrogen-bond acceptors (Lipinski definition) is 3. The molecule has 25 heavy (non-hydrogen) atoms. The van der Waals surface area contributed by atoms with E-state index in [9.17, 15) is 4.79 Å². The van der Waals surface area contributed by atoms with Crippen LogP contribution in [-0.2, 0) is 11.8 Å². The minimum atomic E-state index is -0.155. The molecule has 6 heteroatoms. The third-order valence-corrected chi connectivity index (χ3v) is 5.54. The standard InChI is InChI=1S/C19H18BrN3OS/c1-12-19(13(2)23(3)22-12)21-18(24)11-9-16-8-10-17(25-16)14-4-6-15(20)7-5-14/h4-11H,1-3H3,(H,21,24). The molecule has 0 aliphatic rings. The highest BCUT2D eigenvalue weighted by Crippen LogP contribution is 2.29. The van der Waals surface area contributed by atoms with Crippen molar-refractivity contribution in [1.82, 2.24) is 9.78 Å². The zero-order valence-corrected chi connectivity index (χ0v) is 16.6. The van der Waals surface area contributed by atoms with Gasteiger partial charge in [-0.15, -0.1) is 11.3 Å². The van der Waals surface area contributed by atoms with E-state index in [4.69, 9.17) is 0 Å². The van der Waals surface area contributed by atoms with E-state index >= 15 is 0 Å².